The molecule has 1 N–H and O–H groups in total. The van der Waals surface area contributed by atoms with Gasteiger partial charge in [-0.3, -0.25) is 0 Å². The molecule has 1 aliphatic rings. The molecule has 0 saturated carbocycles. The SMILES string of the molecule is CC1(CCCCCCO)OCCO1. The summed E-state index contributed by atoms with van der Waals surface area (Å²) in [6.07, 6.45) is 5.27. The van der Waals surface area contributed by atoms with E-state index in [4.69, 9.17) is 14.6 Å². The standard InChI is InChI=1S/C10H20O3/c1-10(12-8-9-13-10)6-4-2-3-5-7-11/h11H,2-9H2,1H3. The Hall–Kier alpha value is -0.120. The molecule has 13 heavy (non-hydrogen) atoms. The second kappa shape index (κ2) is 5.58. The molecule has 0 aromatic rings. The second-order valence-corrected chi connectivity index (χ2v) is 3.72. The van der Waals surface area contributed by atoms with Gasteiger partial charge in [-0.2, -0.15) is 0 Å². The topological polar surface area (TPSA) is 38.7 Å². The van der Waals surface area contributed by atoms with Crippen molar-refractivity contribution in [3.05, 3.63) is 0 Å². The molecule has 0 aromatic carbocycles. The van der Waals surface area contributed by atoms with Crippen molar-refractivity contribution in [1.82, 2.24) is 0 Å². The van der Waals surface area contributed by atoms with E-state index in [1.807, 2.05) is 6.92 Å². The highest BCUT2D eigenvalue weighted by Crippen LogP contribution is 2.25. The lowest BCUT2D eigenvalue weighted by Gasteiger charge is -2.21. The summed E-state index contributed by atoms with van der Waals surface area (Å²) in [4.78, 5) is 0. The molecule has 0 unspecified atom stereocenters. The Morgan fingerprint density at radius 2 is 1.69 bits per heavy atom. The zero-order chi connectivity index (χ0) is 9.57. The summed E-state index contributed by atoms with van der Waals surface area (Å²) < 4.78 is 11.0. The van der Waals surface area contributed by atoms with Crippen LogP contribution in [0.1, 0.15) is 39.0 Å². The van der Waals surface area contributed by atoms with E-state index in [1.54, 1.807) is 0 Å². The van der Waals surface area contributed by atoms with Crippen molar-refractivity contribution in [2.45, 2.75) is 44.8 Å². The Morgan fingerprint density at radius 1 is 1.08 bits per heavy atom. The van der Waals surface area contributed by atoms with Crippen LogP contribution in [0.4, 0.5) is 0 Å². The molecule has 1 aliphatic heterocycles. The number of rotatable bonds is 6. The van der Waals surface area contributed by atoms with Crippen molar-refractivity contribution in [2.75, 3.05) is 19.8 Å². The Balaban J connectivity index is 1.98. The van der Waals surface area contributed by atoms with Gasteiger partial charge in [-0.05, 0) is 19.8 Å². The van der Waals surface area contributed by atoms with Crippen molar-refractivity contribution in [1.29, 1.82) is 0 Å². The number of hydrogen-bond donors (Lipinski definition) is 1. The highest BCUT2D eigenvalue weighted by Gasteiger charge is 2.29. The van der Waals surface area contributed by atoms with E-state index < -0.39 is 0 Å². The summed E-state index contributed by atoms with van der Waals surface area (Å²) in [5, 5.41) is 8.58. The van der Waals surface area contributed by atoms with Gasteiger partial charge in [0.25, 0.3) is 0 Å². The molecule has 0 aliphatic carbocycles. The van der Waals surface area contributed by atoms with Crippen LogP contribution in [0.3, 0.4) is 0 Å². The van der Waals surface area contributed by atoms with Crippen LogP contribution in [0, 0.1) is 0 Å². The normalized spacial score (nSPS) is 20.8. The minimum atomic E-state index is -0.320. The van der Waals surface area contributed by atoms with Crippen LogP contribution in [-0.2, 0) is 9.47 Å². The minimum Gasteiger partial charge on any atom is -0.396 e. The zero-order valence-electron chi connectivity index (χ0n) is 8.42. The number of aliphatic hydroxyl groups is 1. The number of hydrogen-bond acceptors (Lipinski definition) is 3. The molecule has 0 spiro atoms. The van der Waals surface area contributed by atoms with Gasteiger partial charge in [-0.1, -0.05) is 12.8 Å². The second-order valence-electron chi connectivity index (χ2n) is 3.72. The van der Waals surface area contributed by atoms with Crippen LogP contribution >= 0.6 is 0 Å². The molecule has 0 aromatic heterocycles. The zero-order valence-corrected chi connectivity index (χ0v) is 8.42. The highest BCUT2D eigenvalue weighted by atomic mass is 16.7. The molecule has 1 fully saturated rings. The van der Waals surface area contributed by atoms with Gasteiger partial charge in [0.2, 0.25) is 0 Å². The van der Waals surface area contributed by atoms with E-state index >= 15 is 0 Å². The lowest BCUT2D eigenvalue weighted by Crippen LogP contribution is -2.24. The Morgan fingerprint density at radius 3 is 2.31 bits per heavy atom. The van der Waals surface area contributed by atoms with E-state index in [0.29, 0.717) is 6.61 Å². The van der Waals surface area contributed by atoms with E-state index in [1.165, 1.54) is 0 Å². The third-order valence-electron chi connectivity index (χ3n) is 2.44. The smallest absolute Gasteiger partial charge is 0.165 e. The number of ether oxygens (including phenoxy) is 2. The van der Waals surface area contributed by atoms with Crippen LogP contribution < -0.4 is 0 Å². The van der Waals surface area contributed by atoms with E-state index in [0.717, 1.165) is 45.3 Å². The van der Waals surface area contributed by atoms with E-state index in [9.17, 15) is 0 Å². The van der Waals surface area contributed by atoms with E-state index in [-0.39, 0.29) is 5.79 Å². The van der Waals surface area contributed by atoms with Crippen LogP contribution in [0.15, 0.2) is 0 Å². The molecular formula is C10H20O3. The highest BCUT2D eigenvalue weighted by molar-refractivity contribution is 4.67. The van der Waals surface area contributed by atoms with Crippen LogP contribution in [0.5, 0.6) is 0 Å². The Bertz CT molecular complexity index is 130. The molecule has 0 amide bonds. The number of unbranched alkanes of at least 4 members (excludes halogenated alkanes) is 3. The molecule has 1 heterocycles. The first-order valence-electron chi connectivity index (χ1n) is 5.16. The monoisotopic (exact) mass is 188 g/mol. The summed E-state index contributed by atoms with van der Waals surface area (Å²) in [5.41, 5.74) is 0. The summed E-state index contributed by atoms with van der Waals surface area (Å²) in [6, 6.07) is 0. The molecular weight excluding hydrogens is 168 g/mol. The van der Waals surface area contributed by atoms with Gasteiger partial charge in [0.1, 0.15) is 0 Å². The third-order valence-corrected chi connectivity index (χ3v) is 2.44. The van der Waals surface area contributed by atoms with Gasteiger partial charge < -0.3 is 14.6 Å². The van der Waals surface area contributed by atoms with Crippen molar-refractivity contribution in [2.24, 2.45) is 0 Å². The van der Waals surface area contributed by atoms with Crippen molar-refractivity contribution < 1.29 is 14.6 Å². The van der Waals surface area contributed by atoms with Crippen LogP contribution in [0.25, 0.3) is 0 Å². The molecule has 3 nitrogen and oxygen atoms in total. The van der Waals surface area contributed by atoms with Gasteiger partial charge in [-0.25, -0.2) is 0 Å². The molecule has 3 heteroatoms. The van der Waals surface area contributed by atoms with Crippen LogP contribution in [-0.4, -0.2) is 30.7 Å². The summed E-state index contributed by atoms with van der Waals surface area (Å²) in [6.45, 7) is 3.77. The van der Waals surface area contributed by atoms with Crippen molar-refractivity contribution in [3.8, 4) is 0 Å². The van der Waals surface area contributed by atoms with Crippen LogP contribution in [0.2, 0.25) is 0 Å². The predicted molar refractivity (Wildman–Crippen MR) is 50.5 cm³/mol. The maximum absolute atomic E-state index is 8.58. The molecule has 78 valence electrons. The largest absolute Gasteiger partial charge is 0.396 e. The first-order valence-corrected chi connectivity index (χ1v) is 5.16. The summed E-state index contributed by atoms with van der Waals surface area (Å²) in [7, 11) is 0. The van der Waals surface area contributed by atoms with Gasteiger partial charge >= 0.3 is 0 Å². The summed E-state index contributed by atoms with van der Waals surface area (Å²) in [5.74, 6) is -0.320. The fourth-order valence-electron chi connectivity index (χ4n) is 1.61. The lowest BCUT2D eigenvalue weighted by molar-refractivity contribution is -0.147. The van der Waals surface area contributed by atoms with Crippen molar-refractivity contribution >= 4 is 0 Å². The third kappa shape index (κ3) is 4.07. The Kier molecular flexibility index (Phi) is 4.70. The molecule has 0 radical (unpaired) electrons. The first kappa shape index (κ1) is 11.0. The fraction of sp³-hybridized carbons (Fsp3) is 1.00. The van der Waals surface area contributed by atoms with Gasteiger partial charge in [0, 0.05) is 13.0 Å². The Labute approximate surface area is 80.0 Å². The first-order chi connectivity index (χ1) is 6.27. The van der Waals surface area contributed by atoms with E-state index in [2.05, 4.69) is 0 Å². The summed E-state index contributed by atoms with van der Waals surface area (Å²) >= 11 is 0. The van der Waals surface area contributed by atoms with Gasteiger partial charge in [0.05, 0.1) is 13.2 Å². The maximum atomic E-state index is 8.58. The van der Waals surface area contributed by atoms with Gasteiger partial charge in [0.15, 0.2) is 5.79 Å². The van der Waals surface area contributed by atoms with Crippen molar-refractivity contribution in [3.63, 3.8) is 0 Å². The average Bonchev–Trinajstić information content (AvgIpc) is 2.53. The molecule has 1 rings (SSSR count). The molecule has 1 saturated heterocycles. The minimum absolute atomic E-state index is 0.310. The molecule has 0 bridgehead atoms. The maximum Gasteiger partial charge on any atom is 0.165 e. The number of aliphatic hydroxyl groups excluding tert-OH is 1. The van der Waals surface area contributed by atoms with Gasteiger partial charge in [-0.15, -0.1) is 0 Å². The quantitative estimate of drug-likeness (QED) is 0.645. The fourth-order valence-corrected chi connectivity index (χ4v) is 1.61. The average molecular weight is 188 g/mol. The molecule has 0 atom stereocenters. The predicted octanol–water partition coefficient (Wildman–Crippen LogP) is 1.69. The lowest BCUT2D eigenvalue weighted by atomic mass is 10.1.